The van der Waals surface area contributed by atoms with E-state index in [1.807, 2.05) is 48.5 Å². The van der Waals surface area contributed by atoms with Gasteiger partial charge < -0.3 is 10.1 Å². The third-order valence-electron chi connectivity index (χ3n) is 3.70. The van der Waals surface area contributed by atoms with Gasteiger partial charge in [-0.2, -0.15) is 0 Å². The molecule has 3 aromatic rings. The van der Waals surface area contributed by atoms with Crippen molar-refractivity contribution in [2.45, 2.75) is 0 Å². The Hall–Kier alpha value is -2.43. The molecule has 1 N–H and O–H groups in total. The molecular formula is C19H17ClN2O2. The first kappa shape index (κ1) is 16.4. The molecule has 0 bridgehead atoms. The second kappa shape index (κ2) is 7.43. The number of fused-ring (bicyclic) bond motifs is 1. The van der Waals surface area contributed by atoms with Crippen LogP contribution in [0.1, 0.15) is 10.4 Å². The summed E-state index contributed by atoms with van der Waals surface area (Å²) in [5.41, 5.74) is 2.81. The Bertz CT molecular complexity index is 880. The first-order valence-electron chi connectivity index (χ1n) is 7.62. The molecule has 0 radical (unpaired) electrons. The second-order valence-electron chi connectivity index (χ2n) is 5.30. The fourth-order valence-corrected chi connectivity index (χ4v) is 2.76. The second-order valence-corrected chi connectivity index (χ2v) is 5.71. The molecule has 0 fully saturated rings. The maximum atomic E-state index is 12.6. The summed E-state index contributed by atoms with van der Waals surface area (Å²) >= 11 is 6.29. The average Bonchev–Trinajstić information content (AvgIpc) is 2.61. The van der Waals surface area contributed by atoms with Gasteiger partial charge in [0.1, 0.15) is 0 Å². The zero-order chi connectivity index (χ0) is 16.9. The number of carbonyl (C=O) groups is 1. The van der Waals surface area contributed by atoms with Crippen LogP contribution in [0.25, 0.3) is 22.2 Å². The third-order valence-corrected chi connectivity index (χ3v) is 4.03. The average molecular weight is 341 g/mol. The van der Waals surface area contributed by atoms with E-state index in [9.17, 15) is 4.79 Å². The van der Waals surface area contributed by atoms with E-state index in [1.54, 1.807) is 13.2 Å². The normalized spacial score (nSPS) is 10.8. The Kier molecular flexibility index (Phi) is 5.08. The largest absolute Gasteiger partial charge is 0.383 e. The zero-order valence-corrected chi connectivity index (χ0v) is 14.0. The van der Waals surface area contributed by atoms with E-state index in [1.165, 1.54) is 0 Å². The van der Waals surface area contributed by atoms with Gasteiger partial charge in [0.25, 0.3) is 5.91 Å². The summed E-state index contributed by atoms with van der Waals surface area (Å²) in [6.45, 7) is 0.916. The van der Waals surface area contributed by atoms with Crippen LogP contribution in [-0.4, -0.2) is 31.2 Å². The monoisotopic (exact) mass is 340 g/mol. The Morgan fingerprint density at radius 2 is 1.92 bits per heavy atom. The maximum absolute atomic E-state index is 12.6. The van der Waals surface area contributed by atoms with Gasteiger partial charge in [-0.25, -0.2) is 4.98 Å². The van der Waals surface area contributed by atoms with Crippen LogP contribution in [0, 0.1) is 0 Å². The Labute approximate surface area is 145 Å². The van der Waals surface area contributed by atoms with Crippen molar-refractivity contribution < 1.29 is 9.53 Å². The summed E-state index contributed by atoms with van der Waals surface area (Å²) < 4.78 is 4.98. The zero-order valence-electron chi connectivity index (χ0n) is 13.3. The molecule has 122 valence electrons. The fraction of sp³-hybridized carbons (Fsp3) is 0.158. The molecule has 1 amide bonds. The van der Waals surface area contributed by atoms with Crippen molar-refractivity contribution in [1.82, 2.24) is 10.3 Å². The van der Waals surface area contributed by atoms with Crippen molar-refractivity contribution in [2.75, 3.05) is 20.3 Å². The molecule has 0 atom stereocenters. The topological polar surface area (TPSA) is 51.2 Å². The number of rotatable bonds is 5. The molecule has 0 unspecified atom stereocenters. The van der Waals surface area contributed by atoms with Gasteiger partial charge in [-0.3, -0.25) is 4.79 Å². The van der Waals surface area contributed by atoms with Crippen LogP contribution in [0.2, 0.25) is 5.02 Å². The van der Waals surface area contributed by atoms with Gasteiger partial charge in [0.15, 0.2) is 0 Å². The predicted octanol–water partition coefficient (Wildman–Crippen LogP) is 3.93. The number of nitrogens with zero attached hydrogens (tertiary/aromatic N) is 1. The van der Waals surface area contributed by atoms with Crippen LogP contribution in [0.15, 0.2) is 54.6 Å². The molecule has 0 aliphatic heterocycles. The first-order valence-corrected chi connectivity index (χ1v) is 8.00. The standard InChI is InChI=1S/C19H17ClN2O2/c1-24-11-10-21-19(23)15-12-18(14-7-2-4-8-16(14)20)22-17-9-5-3-6-13(15)17/h2-9,12H,10-11H2,1H3,(H,21,23). The number of halogens is 1. The molecule has 0 aliphatic carbocycles. The number of amides is 1. The number of para-hydroxylation sites is 1. The van der Waals surface area contributed by atoms with Crippen molar-refractivity contribution in [2.24, 2.45) is 0 Å². The number of benzene rings is 2. The number of methoxy groups -OCH3 is 1. The van der Waals surface area contributed by atoms with Crippen LogP contribution >= 0.6 is 11.6 Å². The lowest BCUT2D eigenvalue weighted by Crippen LogP contribution is -2.27. The quantitative estimate of drug-likeness (QED) is 0.716. The number of pyridine rings is 1. The van der Waals surface area contributed by atoms with Crippen molar-refractivity contribution in [3.05, 3.63) is 65.2 Å². The van der Waals surface area contributed by atoms with Crippen molar-refractivity contribution in [3.63, 3.8) is 0 Å². The fourth-order valence-electron chi connectivity index (χ4n) is 2.53. The third kappa shape index (κ3) is 3.40. The molecule has 1 aromatic heterocycles. The van der Waals surface area contributed by atoms with Gasteiger partial charge in [0.05, 0.1) is 23.4 Å². The lowest BCUT2D eigenvalue weighted by Gasteiger charge is -2.11. The van der Waals surface area contributed by atoms with E-state index in [2.05, 4.69) is 10.3 Å². The van der Waals surface area contributed by atoms with Gasteiger partial charge in [-0.05, 0) is 18.2 Å². The summed E-state index contributed by atoms with van der Waals surface area (Å²) in [6, 6.07) is 16.8. The number of hydrogen-bond acceptors (Lipinski definition) is 3. The van der Waals surface area contributed by atoms with E-state index in [4.69, 9.17) is 16.3 Å². The maximum Gasteiger partial charge on any atom is 0.252 e. The van der Waals surface area contributed by atoms with Crippen LogP contribution in [0.3, 0.4) is 0 Å². The van der Waals surface area contributed by atoms with E-state index < -0.39 is 0 Å². The summed E-state index contributed by atoms with van der Waals surface area (Å²) in [4.78, 5) is 17.2. The summed E-state index contributed by atoms with van der Waals surface area (Å²) in [5, 5.41) is 4.27. The lowest BCUT2D eigenvalue weighted by molar-refractivity contribution is 0.0938. The van der Waals surface area contributed by atoms with Crippen LogP contribution < -0.4 is 5.32 Å². The highest BCUT2D eigenvalue weighted by Gasteiger charge is 2.14. The van der Waals surface area contributed by atoms with Gasteiger partial charge in [0, 0.05) is 29.6 Å². The highest BCUT2D eigenvalue weighted by molar-refractivity contribution is 6.33. The number of nitrogens with one attached hydrogen (secondary N) is 1. The number of hydrogen-bond donors (Lipinski definition) is 1. The van der Waals surface area contributed by atoms with Crippen molar-refractivity contribution in [1.29, 1.82) is 0 Å². The molecule has 4 nitrogen and oxygen atoms in total. The summed E-state index contributed by atoms with van der Waals surface area (Å²) in [6.07, 6.45) is 0. The minimum atomic E-state index is -0.154. The van der Waals surface area contributed by atoms with E-state index in [0.717, 1.165) is 16.5 Å². The lowest BCUT2D eigenvalue weighted by atomic mass is 10.0. The smallest absolute Gasteiger partial charge is 0.252 e. The summed E-state index contributed by atoms with van der Waals surface area (Å²) in [5.74, 6) is -0.154. The Morgan fingerprint density at radius 1 is 1.17 bits per heavy atom. The molecule has 3 rings (SSSR count). The van der Waals surface area contributed by atoms with Crippen LogP contribution in [0.4, 0.5) is 0 Å². The van der Waals surface area contributed by atoms with Gasteiger partial charge in [0.2, 0.25) is 0 Å². The number of carbonyl (C=O) groups excluding carboxylic acids is 1. The van der Waals surface area contributed by atoms with E-state index in [-0.39, 0.29) is 5.91 Å². The van der Waals surface area contributed by atoms with Gasteiger partial charge in [-0.1, -0.05) is 48.0 Å². The molecule has 0 saturated heterocycles. The molecule has 24 heavy (non-hydrogen) atoms. The summed E-state index contributed by atoms with van der Waals surface area (Å²) in [7, 11) is 1.60. The number of aromatic nitrogens is 1. The van der Waals surface area contributed by atoms with E-state index >= 15 is 0 Å². The van der Waals surface area contributed by atoms with Crippen molar-refractivity contribution >= 4 is 28.4 Å². The number of ether oxygens (including phenoxy) is 1. The SMILES string of the molecule is COCCNC(=O)c1cc(-c2ccccc2Cl)nc2ccccc12. The van der Waals surface area contributed by atoms with E-state index in [0.29, 0.717) is 29.4 Å². The minimum absolute atomic E-state index is 0.154. The Balaban J connectivity index is 2.10. The first-order chi connectivity index (χ1) is 11.7. The van der Waals surface area contributed by atoms with Crippen LogP contribution in [-0.2, 0) is 4.74 Å². The van der Waals surface area contributed by atoms with Crippen molar-refractivity contribution in [3.8, 4) is 11.3 Å². The highest BCUT2D eigenvalue weighted by atomic mass is 35.5. The highest BCUT2D eigenvalue weighted by Crippen LogP contribution is 2.29. The molecule has 5 heteroatoms. The molecule has 2 aromatic carbocycles. The molecular weight excluding hydrogens is 324 g/mol. The van der Waals surface area contributed by atoms with Crippen LogP contribution in [0.5, 0.6) is 0 Å². The predicted molar refractivity (Wildman–Crippen MR) is 96.4 cm³/mol. The minimum Gasteiger partial charge on any atom is -0.383 e. The molecule has 0 aliphatic rings. The Morgan fingerprint density at radius 3 is 2.71 bits per heavy atom. The molecule has 0 saturated carbocycles. The molecule has 0 spiro atoms. The van der Waals surface area contributed by atoms with Gasteiger partial charge in [-0.15, -0.1) is 0 Å². The molecule has 1 heterocycles. The van der Waals surface area contributed by atoms with Gasteiger partial charge >= 0.3 is 0 Å².